The van der Waals surface area contributed by atoms with E-state index in [1.54, 1.807) is 0 Å². The summed E-state index contributed by atoms with van der Waals surface area (Å²) < 4.78 is 5.74. The van der Waals surface area contributed by atoms with E-state index in [-0.39, 0.29) is 5.54 Å². The lowest BCUT2D eigenvalue weighted by molar-refractivity contribution is 0.256. The SMILES string of the molecule is CCC(C)COc1ccc(CNC(C)(C)C)cc1. The summed E-state index contributed by atoms with van der Waals surface area (Å²) in [6.45, 7) is 12.6. The predicted octanol–water partition coefficient (Wildman–Crippen LogP) is 4.00. The molecule has 0 amide bonds. The molecule has 0 fully saturated rings. The molecule has 0 heterocycles. The Bertz CT molecular complexity index is 337. The Kier molecular flexibility index (Phi) is 5.67. The van der Waals surface area contributed by atoms with Gasteiger partial charge >= 0.3 is 0 Å². The van der Waals surface area contributed by atoms with Crippen LogP contribution in [0.25, 0.3) is 0 Å². The van der Waals surface area contributed by atoms with Gasteiger partial charge in [0.15, 0.2) is 0 Å². The van der Waals surface area contributed by atoms with Crippen LogP contribution in [0.4, 0.5) is 0 Å². The Balaban J connectivity index is 2.42. The third-order valence-corrected chi connectivity index (χ3v) is 2.98. The van der Waals surface area contributed by atoms with E-state index < -0.39 is 0 Å². The highest BCUT2D eigenvalue weighted by Gasteiger charge is 2.08. The summed E-state index contributed by atoms with van der Waals surface area (Å²) in [5.74, 6) is 1.59. The van der Waals surface area contributed by atoms with Gasteiger partial charge < -0.3 is 10.1 Å². The molecule has 1 atom stereocenters. The van der Waals surface area contributed by atoms with Gasteiger partial charge in [-0.15, -0.1) is 0 Å². The van der Waals surface area contributed by atoms with E-state index in [0.29, 0.717) is 5.92 Å². The Morgan fingerprint density at radius 1 is 1.17 bits per heavy atom. The first-order valence-corrected chi connectivity index (χ1v) is 6.87. The summed E-state index contributed by atoms with van der Waals surface area (Å²) in [5, 5.41) is 3.48. The minimum absolute atomic E-state index is 0.158. The van der Waals surface area contributed by atoms with Gasteiger partial charge in [-0.2, -0.15) is 0 Å². The maximum absolute atomic E-state index is 5.74. The highest BCUT2D eigenvalue weighted by Crippen LogP contribution is 2.14. The van der Waals surface area contributed by atoms with Crippen LogP contribution in [-0.2, 0) is 6.54 Å². The fraction of sp³-hybridized carbons (Fsp3) is 0.625. The molecule has 0 saturated heterocycles. The molecule has 2 heteroatoms. The molecule has 0 radical (unpaired) electrons. The maximum atomic E-state index is 5.74. The molecule has 0 aliphatic carbocycles. The smallest absolute Gasteiger partial charge is 0.119 e. The Labute approximate surface area is 112 Å². The monoisotopic (exact) mass is 249 g/mol. The summed E-state index contributed by atoms with van der Waals surface area (Å²) in [5.41, 5.74) is 1.45. The van der Waals surface area contributed by atoms with E-state index in [4.69, 9.17) is 4.74 Å². The van der Waals surface area contributed by atoms with Gasteiger partial charge in [-0.05, 0) is 44.4 Å². The van der Waals surface area contributed by atoms with Crippen molar-refractivity contribution in [3.05, 3.63) is 29.8 Å². The summed E-state index contributed by atoms with van der Waals surface area (Å²) in [6.07, 6.45) is 1.16. The van der Waals surface area contributed by atoms with Crippen molar-refractivity contribution in [1.29, 1.82) is 0 Å². The van der Waals surface area contributed by atoms with E-state index >= 15 is 0 Å². The van der Waals surface area contributed by atoms with E-state index in [2.05, 4.69) is 64.2 Å². The van der Waals surface area contributed by atoms with Gasteiger partial charge in [-0.1, -0.05) is 32.4 Å². The van der Waals surface area contributed by atoms with Crippen LogP contribution in [0.15, 0.2) is 24.3 Å². The van der Waals surface area contributed by atoms with Crippen molar-refractivity contribution in [2.75, 3.05) is 6.61 Å². The number of ether oxygens (including phenoxy) is 1. The van der Waals surface area contributed by atoms with Gasteiger partial charge in [-0.3, -0.25) is 0 Å². The molecule has 102 valence electrons. The van der Waals surface area contributed by atoms with Crippen molar-refractivity contribution in [3.8, 4) is 5.75 Å². The molecule has 0 saturated carbocycles. The summed E-state index contributed by atoms with van der Waals surface area (Å²) in [7, 11) is 0. The van der Waals surface area contributed by atoms with Crippen molar-refractivity contribution < 1.29 is 4.74 Å². The first-order chi connectivity index (χ1) is 8.40. The van der Waals surface area contributed by atoms with Gasteiger partial charge in [0.2, 0.25) is 0 Å². The largest absolute Gasteiger partial charge is 0.493 e. The van der Waals surface area contributed by atoms with Gasteiger partial charge in [0, 0.05) is 12.1 Å². The van der Waals surface area contributed by atoms with E-state index in [1.165, 1.54) is 5.56 Å². The fourth-order valence-electron chi connectivity index (χ4n) is 1.43. The number of benzene rings is 1. The molecule has 1 rings (SSSR count). The number of hydrogen-bond acceptors (Lipinski definition) is 2. The fourth-order valence-corrected chi connectivity index (χ4v) is 1.43. The molecule has 1 unspecified atom stereocenters. The van der Waals surface area contributed by atoms with Crippen LogP contribution < -0.4 is 10.1 Å². The molecule has 0 spiro atoms. The van der Waals surface area contributed by atoms with E-state index in [9.17, 15) is 0 Å². The summed E-state index contributed by atoms with van der Waals surface area (Å²) in [6, 6.07) is 8.37. The molecule has 0 bridgehead atoms. The van der Waals surface area contributed by atoms with Gasteiger partial charge in [-0.25, -0.2) is 0 Å². The zero-order chi connectivity index (χ0) is 13.6. The molecule has 0 aliphatic rings. The van der Waals surface area contributed by atoms with Crippen molar-refractivity contribution >= 4 is 0 Å². The van der Waals surface area contributed by atoms with Gasteiger partial charge in [0.1, 0.15) is 5.75 Å². The molecule has 2 nitrogen and oxygen atoms in total. The van der Waals surface area contributed by atoms with Crippen molar-refractivity contribution in [2.24, 2.45) is 5.92 Å². The van der Waals surface area contributed by atoms with Crippen LogP contribution in [0, 0.1) is 5.92 Å². The van der Waals surface area contributed by atoms with Crippen LogP contribution in [0.3, 0.4) is 0 Å². The lowest BCUT2D eigenvalue weighted by Crippen LogP contribution is -2.35. The minimum atomic E-state index is 0.158. The zero-order valence-electron chi connectivity index (χ0n) is 12.4. The number of rotatable bonds is 6. The Morgan fingerprint density at radius 3 is 2.28 bits per heavy atom. The van der Waals surface area contributed by atoms with Crippen molar-refractivity contribution in [3.63, 3.8) is 0 Å². The molecule has 0 aliphatic heterocycles. The third-order valence-electron chi connectivity index (χ3n) is 2.98. The zero-order valence-corrected chi connectivity index (χ0v) is 12.4. The van der Waals surface area contributed by atoms with Gasteiger partial charge in [0.05, 0.1) is 6.61 Å². The van der Waals surface area contributed by atoms with Crippen LogP contribution in [0.5, 0.6) is 5.75 Å². The molecule has 1 aromatic carbocycles. The Hall–Kier alpha value is -1.02. The quantitative estimate of drug-likeness (QED) is 0.823. The van der Waals surface area contributed by atoms with E-state index in [0.717, 1.165) is 25.3 Å². The van der Waals surface area contributed by atoms with Crippen LogP contribution in [0.1, 0.15) is 46.6 Å². The van der Waals surface area contributed by atoms with Crippen LogP contribution in [0.2, 0.25) is 0 Å². The predicted molar refractivity (Wildman–Crippen MR) is 78.0 cm³/mol. The number of hydrogen-bond donors (Lipinski definition) is 1. The average Bonchev–Trinajstić information content (AvgIpc) is 2.33. The van der Waals surface area contributed by atoms with Crippen molar-refractivity contribution in [2.45, 2.75) is 53.1 Å². The second-order valence-electron chi connectivity index (χ2n) is 6.07. The molecular weight excluding hydrogens is 222 g/mol. The second kappa shape index (κ2) is 6.79. The maximum Gasteiger partial charge on any atom is 0.119 e. The summed E-state index contributed by atoms with van der Waals surface area (Å²) in [4.78, 5) is 0. The molecular formula is C16H27NO. The first-order valence-electron chi connectivity index (χ1n) is 6.87. The van der Waals surface area contributed by atoms with Crippen LogP contribution in [-0.4, -0.2) is 12.1 Å². The minimum Gasteiger partial charge on any atom is -0.493 e. The Morgan fingerprint density at radius 2 is 1.78 bits per heavy atom. The highest BCUT2D eigenvalue weighted by molar-refractivity contribution is 5.27. The molecule has 18 heavy (non-hydrogen) atoms. The molecule has 0 aromatic heterocycles. The number of nitrogens with one attached hydrogen (secondary N) is 1. The normalized spacial score (nSPS) is 13.4. The lowest BCUT2D eigenvalue weighted by Gasteiger charge is -2.20. The topological polar surface area (TPSA) is 21.3 Å². The lowest BCUT2D eigenvalue weighted by atomic mass is 10.1. The molecule has 1 aromatic rings. The third kappa shape index (κ3) is 6.06. The average molecular weight is 249 g/mol. The van der Waals surface area contributed by atoms with Crippen LogP contribution >= 0.6 is 0 Å². The van der Waals surface area contributed by atoms with Crippen molar-refractivity contribution in [1.82, 2.24) is 5.32 Å². The second-order valence-corrected chi connectivity index (χ2v) is 6.07. The van der Waals surface area contributed by atoms with Gasteiger partial charge in [0.25, 0.3) is 0 Å². The van der Waals surface area contributed by atoms with E-state index in [1.807, 2.05) is 0 Å². The first kappa shape index (κ1) is 15.0. The highest BCUT2D eigenvalue weighted by atomic mass is 16.5. The summed E-state index contributed by atoms with van der Waals surface area (Å²) >= 11 is 0. The molecule has 1 N–H and O–H groups in total. The standard InChI is InChI=1S/C16H27NO/c1-6-13(2)12-18-15-9-7-14(8-10-15)11-17-16(3,4)5/h7-10,13,17H,6,11-12H2,1-5H3.